The fourth-order valence-electron chi connectivity index (χ4n) is 3.43. The Balaban J connectivity index is 1.58. The lowest BCUT2D eigenvalue weighted by Gasteiger charge is -2.29. The zero-order valence-electron chi connectivity index (χ0n) is 16.3. The maximum atomic E-state index is 12.4. The van der Waals surface area contributed by atoms with Gasteiger partial charge < -0.3 is 10.6 Å². The second-order valence-electron chi connectivity index (χ2n) is 7.18. The van der Waals surface area contributed by atoms with Gasteiger partial charge in [0.1, 0.15) is 6.04 Å². The molecule has 0 fully saturated rings. The normalized spacial score (nSPS) is 15.5. The predicted molar refractivity (Wildman–Crippen MR) is 112 cm³/mol. The van der Waals surface area contributed by atoms with Crippen LogP contribution in [0, 0.1) is 0 Å². The number of amides is 1. The number of benzene rings is 2. The first-order chi connectivity index (χ1) is 13.3. The Hall–Kier alpha value is -2.38. The van der Waals surface area contributed by atoms with Crippen molar-refractivity contribution in [2.75, 3.05) is 24.7 Å². The van der Waals surface area contributed by atoms with Crippen LogP contribution in [0.5, 0.6) is 0 Å². The van der Waals surface area contributed by atoms with E-state index in [2.05, 4.69) is 10.6 Å². The van der Waals surface area contributed by atoms with Crippen LogP contribution in [0.2, 0.25) is 0 Å². The van der Waals surface area contributed by atoms with Crippen LogP contribution in [0.1, 0.15) is 23.6 Å². The average molecular weight is 402 g/mol. The second-order valence-corrected chi connectivity index (χ2v) is 9.16. The zero-order chi connectivity index (χ0) is 20.1. The molecule has 3 rings (SSSR count). The number of nitrogens with zero attached hydrogens (tertiary/aromatic N) is 1. The van der Waals surface area contributed by atoms with Crippen molar-refractivity contribution in [2.45, 2.75) is 32.4 Å². The van der Waals surface area contributed by atoms with Gasteiger partial charge in [-0.3, -0.25) is 4.79 Å². The Kier molecular flexibility index (Phi) is 6.36. The second kappa shape index (κ2) is 8.75. The Morgan fingerprint density at radius 2 is 1.89 bits per heavy atom. The van der Waals surface area contributed by atoms with Crippen molar-refractivity contribution < 1.29 is 13.2 Å². The predicted octanol–water partition coefficient (Wildman–Crippen LogP) is 2.16. The Labute approximate surface area is 167 Å². The molecule has 1 unspecified atom stereocenters. The van der Waals surface area contributed by atoms with Gasteiger partial charge in [-0.1, -0.05) is 42.5 Å². The number of rotatable bonds is 7. The molecule has 150 valence electrons. The number of anilines is 1. The minimum absolute atomic E-state index is 0.0536. The molecule has 6 nitrogen and oxygen atoms in total. The van der Waals surface area contributed by atoms with Crippen LogP contribution in [0.15, 0.2) is 48.5 Å². The molecular weight excluding hydrogens is 374 g/mol. The molecule has 1 aliphatic heterocycles. The van der Waals surface area contributed by atoms with Crippen LogP contribution in [0.25, 0.3) is 0 Å². The molecule has 1 amide bonds. The quantitative estimate of drug-likeness (QED) is 0.745. The maximum Gasteiger partial charge on any atom is 0.242 e. The summed E-state index contributed by atoms with van der Waals surface area (Å²) < 4.78 is 25.1. The van der Waals surface area contributed by atoms with Gasteiger partial charge in [0.05, 0.1) is 6.26 Å². The maximum absolute atomic E-state index is 12.4. The van der Waals surface area contributed by atoms with Crippen molar-refractivity contribution in [3.05, 3.63) is 65.2 Å². The highest BCUT2D eigenvalue weighted by Gasteiger charge is 2.25. The summed E-state index contributed by atoms with van der Waals surface area (Å²) in [6.45, 7) is 3.26. The van der Waals surface area contributed by atoms with E-state index in [9.17, 15) is 13.2 Å². The number of carbonyl (C=O) groups excluding carboxylic acids is 1. The molecule has 2 aromatic rings. The van der Waals surface area contributed by atoms with E-state index in [0.29, 0.717) is 26.1 Å². The Morgan fingerprint density at radius 1 is 1.14 bits per heavy atom. The summed E-state index contributed by atoms with van der Waals surface area (Å²) in [4.78, 5) is 12.4. The van der Waals surface area contributed by atoms with E-state index in [1.165, 1.54) is 16.1 Å². The van der Waals surface area contributed by atoms with Crippen LogP contribution in [-0.2, 0) is 34.2 Å². The Morgan fingerprint density at radius 3 is 2.61 bits per heavy atom. The molecule has 7 heteroatoms. The van der Waals surface area contributed by atoms with Crippen LogP contribution in [-0.4, -0.2) is 44.0 Å². The van der Waals surface area contributed by atoms with E-state index < -0.39 is 10.0 Å². The Bertz CT molecular complexity index is 929. The van der Waals surface area contributed by atoms with E-state index >= 15 is 0 Å². The van der Waals surface area contributed by atoms with Gasteiger partial charge >= 0.3 is 0 Å². The highest BCUT2D eigenvalue weighted by molar-refractivity contribution is 7.88. The molecule has 2 N–H and O–H groups in total. The van der Waals surface area contributed by atoms with Crippen molar-refractivity contribution >= 4 is 21.6 Å². The molecule has 1 heterocycles. The van der Waals surface area contributed by atoms with Crippen molar-refractivity contribution in [3.63, 3.8) is 0 Å². The summed E-state index contributed by atoms with van der Waals surface area (Å²) >= 11 is 0. The lowest BCUT2D eigenvalue weighted by Crippen LogP contribution is -2.39. The monoisotopic (exact) mass is 401 g/mol. The molecule has 0 saturated carbocycles. The van der Waals surface area contributed by atoms with Gasteiger partial charge in [0.15, 0.2) is 0 Å². The van der Waals surface area contributed by atoms with Gasteiger partial charge in [-0.2, -0.15) is 4.31 Å². The van der Waals surface area contributed by atoms with Crippen molar-refractivity contribution in [1.29, 1.82) is 0 Å². The van der Waals surface area contributed by atoms with Crippen LogP contribution in [0.3, 0.4) is 0 Å². The van der Waals surface area contributed by atoms with Crippen LogP contribution < -0.4 is 10.6 Å². The fraction of sp³-hybridized carbons (Fsp3) is 0.381. The SMILES string of the molecule is CC(Nc1cccc2c1CCN(S(C)(=O)=O)C2)C(=O)NCCc1ccccc1. The number of fused-ring (bicyclic) bond motifs is 1. The molecule has 2 aromatic carbocycles. The molecule has 0 radical (unpaired) electrons. The van der Waals surface area contributed by atoms with Gasteiger partial charge in [-0.25, -0.2) is 8.42 Å². The third kappa shape index (κ3) is 5.11. The molecule has 0 aromatic heterocycles. The van der Waals surface area contributed by atoms with Crippen molar-refractivity contribution in [1.82, 2.24) is 9.62 Å². The first kappa shape index (κ1) is 20.4. The highest BCUT2D eigenvalue weighted by atomic mass is 32.2. The van der Waals surface area contributed by atoms with Gasteiger partial charge in [0.25, 0.3) is 0 Å². The molecule has 0 aliphatic carbocycles. The van der Waals surface area contributed by atoms with Gasteiger partial charge in [0, 0.05) is 25.3 Å². The third-order valence-electron chi connectivity index (χ3n) is 5.02. The number of nitrogens with one attached hydrogen (secondary N) is 2. The van der Waals surface area contributed by atoms with E-state index in [0.717, 1.165) is 23.2 Å². The van der Waals surface area contributed by atoms with Crippen molar-refractivity contribution in [3.8, 4) is 0 Å². The summed E-state index contributed by atoms with van der Waals surface area (Å²) in [5, 5.41) is 6.26. The minimum Gasteiger partial charge on any atom is -0.374 e. The molecule has 0 bridgehead atoms. The van der Waals surface area contributed by atoms with Gasteiger partial charge in [-0.15, -0.1) is 0 Å². The summed E-state index contributed by atoms with van der Waals surface area (Å²) in [6.07, 6.45) is 2.66. The fourth-order valence-corrected chi connectivity index (χ4v) is 4.23. The molecule has 28 heavy (non-hydrogen) atoms. The molecule has 0 saturated heterocycles. The number of carbonyl (C=O) groups is 1. The first-order valence-electron chi connectivity index (χ1n) is 9.48. The van der Waals surface area contributed by atoms with Crippen LogP contribution in [0.4, 0.5) is 5.69 Å². The number of sulfonamides is 1. The summed E-state index contributed by atoms with van der Waals surface area (Å²) in [7, 11) is -3.20. The summed E-state index contributed by atoms with van der Waals surface area (Å²) in [5.74, 6) is -0.0536. The topological polar surface area (TPSA) is 78.5 Å². The minimum atomic E-state index is -3.20. The molecule has 1 aliphatic rings. The largest absolute Gasteiger partial charge is 0.374 e. The molecular formula is C21H27N3O3S. The van der Waals surface area contributed by atoms with E-state index in [4.69, 9.17) is 0 Å². The zero-order valence-corrected chi connectivity index (χ0v) is 17.1. The van der Waals surface area contributed by atoms with E-state index in [-0.39, 0.29) is 11.9 Å². The summed E-state index contributed by atoms with van der Waals surface area (Å²) in [5.41, 5.74) is 4.16. The third-order valence-corrected chi connectivity index (χ3v) is 6.27. The number of hydrogen-bond acceptors (Lipinski definition) is 4. The highest BCUT2D eigenvalue weighted by Crippen LogP contribution is 2.27. The number of hydrogen-bond donors (Lipinski definition) is 2. The van der Waals surface area contributed by atoms with Gasteiger partial charge in [0.2, 0.25) is 15.9 Å². The van der Waals surface area contributed by atoms with Crippen LogP contribution >= 0.6 is 0 Å². The van der Waals surface area contributed by atoms with Gasteiger partial charge in [-0.05, 0) is 42.5 Å². The van der Waals surface area contributed by atoms with E-state index in [1.807, 2.05) is 55.5 Å². The first-order valence-corrected chi connectivity index (χ1v) is 11.3. The van der Waals surface area contributed by atoms with Crippen molar-refractivity contribution in [2.24, 2.45) is 0 Å². The smallest absolute Gasteiger partial charge is 0.242 e. The standard InChI is InChI=1S/C21H27N3O3S/c1-16(21(25)22-13-11-17-7-4-3-5-8-17)23-20-10-6-9-18-15-24(28(2,26)27)14-12-19(18)20/h3-10,16,23H,11-15H2,1-2H3,(H,22,25). The average Bonchev–Trinajstić information content (AvgIpc) is 2.68. The lowest BCUT2D eigenvalue weighted by molar-refractivity contribution is -0.121. The molecule has 0 spiro atoms. The van der Waals surface area contributed by atoms with E-state index in [1.54, 1.807) is 0 Å². The molecule has 1 atom stereocenters. The lowest BCUT2D eigenvalue weighted by atomic mass is 9.98. The summed E-state index contributed by atoms with van der Waals surface area (Å²) in [6, 6.07) is 15.5.